The lowest BCUT2D eigenvalue weighted by Gasteiger charge is -2.47. The molecule has 2 aromatic heterocycles. The van der Waals surface area contributed by atoms with E-state index in [1.54, 1.807) is 11.3 Å². The van der Waals surface area contributed by atoms with Gasteiger partial charge < -0.3 is 19.0 Å². The van der Waals surface area contributed by atoms with Crippen molar-refractivity contribution in [3.8, 4) is 0 Å². The molecule has 0 unspecified atom stereocenters. The maximum atomic E-state index is 7.81. The average Bonchev–Trinajstić information content (AvgIpc) is 3.64. The molecule has 5 aromatic rings. The van der Waals surface area contributed by atoms with Crippen molar-refractivity contribution in [2.45, 2.75) is 44.8 Å². The molecule has 0 spiro atoms. The second-order valence-electron chi connectivity index (χ2n) is 13.3. The van der Waals surface area contributed by atoms with E-state index >= 15 is 0 Å². The Kier molecular flexibility index (Phi) is 8.87. The minimum atomic E-state index is -2.82. The number of benzene rings is 3. The normalized spacial score (nSPS) is 18.5. The summed E-state index contributed by atoms with van der Waals surface area (Å²) >= 11 is 1.70. The number of rotatable bonds is 8. The molecular formula is C36H42N6O2SSi. The van der Waals surface area contributed by atoms with Gasteiger partial charge in [-0.3, -0.25) is 0 Å². The standard InChI is InChI=1S/C36H42N6O2SSi/c1-36(2,3)46(29-12-6-4-7-13-29,30-14-8-5-9-15-30)44-33(35-37-18-24-45-35)27-11-10-19-42(26-27)34-31-17-16-28(25-32(31)38-40-39-34)41-20-22-43-23-21-41/h4-9,12-18,24-25,27,33H,10-11,19-23,26H2,1-3H3/t27-,33-/m0/s1. The predicted molar refractivity (Wildman–Crippen MR) is 189 cm³/mol. The second kappa shape index (κ2) is 13.2. The van der Waals surface area contributed by atoms with Gasteiger partial charge >= 0.3 is 0 Å². The zero-order chi connectivity index (χ0) is 31.6. The van der Waals surface area contributed by atoms with Crippen LogP contribution in [-0.4, -0.2) is 68.1 Å². The molecule has 0 bridgehead atoms. The number of aromatic nitrogens is 4. The average molecular weight is 651 g/mol. The Morgan fingerprint density at radius 1 is 0.891 bits per heavy atom. The van der Waals surface area contributed by atoms with Gasteiger partial charge in [0.1, 0.15) is 16.6 Å². The first-order chi connectivity index (χ1) is 22.4. The first kappa shape index (κ1) is 30.9. The quantitative estimate of drug-likeness (QED) is 0.194. The van der Waals surface area contributed by atoms with Gasteiger partial charge in [0.2, 0.25) is 0 Å². The van der Waals surface area contributed by atoms with Gasteiger partial charge in [-0.05, 0) is 51.7 Å². The molecule has 8 nitrogen and oxygen atoms in total. The minimum absolute atomic E-state index is 0.134. The number of morpholine rings is 1. The minimum Gasteiger partial charge on any atom is -0.398 e. The Bertz CT molecular complexity index is 1690. The highest BCUT2D eigenvalue weighted by molar-refractivity contribution is 7.09. The Labute approximate surface area is 276 Å². The van der Waals surface area contributed by atoms with E-state index in [2.05, 4.69) is 130 Å². The fourth-order valence-corrected chi connectivity index (χ4v) is 12.8. The molecule has 0 N–H and O–H groups in total. The Hall–Kier alpha value is -3.70. The van der Waals surface area contributed by atoms with Gasteiger partial charge in [0, 0.05) is 54.7 Å². The van der Waals surface area contributed by atoms with Crippen LogP contribution in [0.25, 0.3) is 10.9 Å². The van der Waals surface area contributed by atoms with Crippen LogP contribution in [0.4, 0.5) is 11.5 Å². The zero-order valence-corrected chi connectivity index (χ0v) is 28.7. The van der Waals surface area contributed by atoms with Crippen molar-refractivity contribution in [3.63, 3.8) is 0 Å². The molecule has 2 aliphatic heterocycles. The van der Waals surface area contributed by atoms with Crippen LogP contribution in [0.15, 0.2) is 90.4 Å². The monoisotopic (exact) mass is 650 g/mol. The van der Waals surface area contributed by atoms with Crippen molar-refractivity contribution in [2.75, 3.05) is 49.2 Å². The summed E-state index contributed by atoms with van der Waals surface area (Å²) in [5, 5.41) is 19.9. The van der Waals surface area contributed by atoms with E-state index in [1.807, 2.05) is 6.20 Å². The maximum absolute atomic E-state index is 7.81. The second-order valence-corrected chi connectivity index (χ2v) is 18.5. The molecule has 0 aliphatic carbocycles. The van der Waals surface area contributed by atoms with Crippen molar-refractivity contribution >= 4 is 52.4 Å². The lowest BCUT2D eigenvalue weighted by Crippen LogP contribution is -2.67. The topological polar surface area (TPSA) is 76.5 Å². The molecule has 0 amide bonds. The highest BCUT2D eigenvalue weighted by atomic mass is 32.1. The Morgan fingerprint density at radius 3 is 2.26 bits per heavy atom. The molecule has 46 heavy (non-hydrogen) atoms. The molecule has 0 saturated carbocycles. The van der Waals surface area contributed by atoms with E-state index < -0.39 is 8.32 Å². The van der Waals surface area contributed by atoms with Crippen molar-refractivity contribution < 1.29 is 9.16 Å². The summed E-state index contributed by atoms with van der Waals surface area (Å²) in [7, 11) is -2.82. The van der Waals surface area contributed by atoms with Crippen LogP contribution in [0.2, 0.25) is 5.04 Å². The van der Waals surface area contributed by atoms with Crippen molar-refractivity contribution in [2.24, 2.45) is 5.92 Å². The van der Waals surface area contributed by atoms with Crippen LogP contribution < -0.4 is 20.2 Å². The van der Waals surface area contributed by atoms with Gasteiger partial charge in [0.25, 0.3) is 8.32 Å². The number of anilines is 2. The molecule has 238 valence electrons. The molecule has 10 heteroatoms. The van der Waals surface area contributed by atoms with E-state index in [-0.39, 0.29) is 17.1 Å². The number of thiazole rings is 1. The van der Waals surface area contributed by atoms with Crippen LogP contribution in [0.3, 0.4) is 0 Å². The molecule has 0 radical (unpaired) electrons. The number of nitrogens with zero attached hydrogens (tertiary/aromatic N) is 6. The van der Waals surface area contributed by atoms with E-state index in [9.17, 15) is 0 Å². The van der Waals surface area contributed by atoms with E-state index in [4.69, 9.17) is 14.1 Å². The van der Waals surface area contributed by atoms with E-state index in [0.717, 1.165) is 79.7 Å². The highest BCUT2D eigenvalue weighted by Crippen LogP contribution is 2.44. The largest absolute Gasteiger partial charge is 0.398 e. The molecule has 2 saturated heterocycles. The van der Waals surface area contributed by atoms with Gasteiger partial charge in [-0.2, -0.15) is 0 Å². The summed E-state index contributed by atoms with van der Waals surface area (Å²) in [6.45, 7) is 12.0. The lowest BCUT2D eigenvalue weighted by molar-refractivity contribution is 0.111. The predicted octanol–water partition coefficient (Wildman–Crippen LogP) is 5.85. The number of fused-ring (bicyclic) bond motifs is 1. The summed E-state index contributed by atoms with van der Waals surface area (Å²) in [5.41, 5.74) is 2.03. The highest BCUT2D eigenvalue weighted by Gasteiger charge is 2.53. The van der Waals surface area contributed by atoms with E-state index in [0.29, 0.717) is 0 Å². The Balaban J connectivity index is 1.26. The SMILES string of the molecule is CC(C)(C)[Si](O[C@H](c1nccs1)[C@H]1CCCN(c2nnnc3cc(N4CCOCC4)ccc23)C1)(c1ccccc1)c1ccccc1. The smallest absolute Gasteiger partial charge is 0.262 e. The third-order valence-corrected chi connectivity index (χ3v) is 15.3. The zero-order valence-electron chi connectivity index (χ0n) is 26.9. The first-order valence-electron chi connectivity index (χ1n) is 16.3. The molecule has 2 fully saturated rings. The van der Waals surface area contributed by atoms with Gasteiger partial charge in [0.15, 0.2) is 5.82 Å². The van der Waals surface area contributed by atoms with Crippen LogP contribution in [0.5, 0.6) is 0 Å². The third-order valence-electron chi connectivity index (χ3n) is 9.49. The summed E-state index contributed by atoms with van der Waals surface area (Å²) in [6, 6.07) is 28.3. The van der Waals surface area contributed by atoms with Gasteiger partial charge in [-0.15, -0.1) is 21.5 Å². The number of hydrogen-bond donors (Lipinski definition) is 0. The summed E-state index contributed by atoms with van der Waals surface area (Å²) in [5.74, 6) is 1.12. The van der Waals surface area contributed by atoms with E-state index in [1.165, 1.54) is 10.4 Å². The Morgan fingerprint density at radius 2 is 1.61 bits per heavy atom. The third kappa shape index (κ3) is 5.95. The van der Waals surface area contributed by atoms with Gasteiger partial charge in [-0.1, -0.05) is 81.4 Å². The summed E-state index contributed by atoms with van der Waals surface area (Å²) in [6.07, 6.45) is 3.84. The number of hydrogen-bond acceptors (Lipinski definition) is 9. The van der Waals surface area contributed by atoms with Crippen molar-refractivity contribution in [1.29, 1.82) is 0 Å². The van der Waals surface area contributed by atoms with Crippen LogP contribution in [-0.2, 0) is 9.16 Å². The first-order valence-corrected chi connectivity index (χ1v) is 19.1. The molecule has 2 atom stereocenters. The van der Waals surface area contributed by atoms with Gasteiger partial charge in [-0.25, -0.2) is 4.98 Å². The van der Waals surface area contributed by atoms with Crippen LogP contribution in [0.1, 0.15) is 44.7 Å². The molecular weight excluding hydrogens is 609 g/mol. The molecule has 3 aromatic carbocycles. The summed E-state index contributed by atoms with van der Waals surface area (Å²) < 4.78 is 13.4. The maximum Gasteiger partial charge on any atom is 0.262 e. The van der Waals surface area contributed by atoms with Gasteiger partial charge in [0.05, 0.1) is 13.2 Å². The van der Waals surface area contributed by atoms with Crippen molar-refractivity contribution in [1.82, 2.24) is 20.4 Å². The molecule has 2 aliphatic rings. The molecule has 4 heterocycles. The van der Waals surface area contributed by atoms with Crippen LogP contribution in [0, 0.1) is 5.92 Å². The fourth-order valence-electron chi connectivity index (χ4n) is 7.26. The van der Waals surface area contributed by atoms with Crippen LogP contribution >= 0.6 is 11.3 Å². The van der Waals surface area contributed by atoms with Crippen molar-refractivity contribution in [3.05, 3.63) is 95.4 Å². The fraction of sp³-hybridized carbons (Fsp3) is 0.389. The number of piperidine rings is 1. The lowest BCUT2D eigenvalue weighted by atomic mass is 9.92. The summed E-state index contributed by atoms with van der Waals surface area (Å²) in [4.78, 5) is 9.64. The molecule has 7 rings (SSSR count). The number of ether oxygens (including phenoxy) is 1.